The first-order valence-corrected chi connectivity index (χ1v) is 7.62. The molecule has 1 aliphatic carbocycles. The van der Waals surface area contributed by atoms with Crippen LogP contribution in [0.3, 0.4) is 0 Å². The second-order valence-corrected chi connectivity index (χ2v) is 5.95. The molecule has 1 saturated carbocycles. The van der Waals surface area contributed by atoms with Crippen LogP contribution in [0.5, 0.6) is 11.5 Å². The van der Waals surface area contributed by atoms with Crippen LogP contribution in [0.15, 0.2) is 30.3 Å². The van der Waals surface area contributed by atoms with Crippen LogP contribution in [-0.2, 0) is 5.54 Å². The third kappa shape index (κ3) is 2.46. The summed E-state index contributed by atoms with van der Waals surface area (Å²) in [5.74, 6) is 1.75. The molecule has 112 valence electrons. The largest absolute Gasteiger partial charge is 0.497 e. The minimum Gasteiger partial charge on any atom is -0.497 e. The van der Waals surface area contributed by atoms with E-state index in [2.05, 4.69) is 18.2 Å². The Morgan fingerprint density at radius 2 is 1.67 bits per heavy atom. The normalized spacial score (nSPS) is 17.7. The minimum absolute atomic E-state index is 0.296. The maximum absolute atomic E-state index is 6.79. The molecule has 0 saturated heterocycles. The topological polar surface area (TPSA) is 44.5 Å². The molecular weight excluding hydrogens is 262 g/mol. The van der Waals surface area contributed by atoms with Crippen molar-refractivity contribution in [1.29, 1.82) is 0 Å². The van der Waals surface area contributed by atoms with Gasteiger partial charge in [-0.1, -0.05) is 31.4 Å². The fourth-order valence-corrected chi connectivity index (χ4v) is 3.52. The summed E-state index contributed by atoms with van der Waals surface area (Å²) in [7, 11) is 3.41. The van der Waals surface area contributed by atoms with Crippen molar-refractivity contribution in [2.24, 2.45) is 5.73 Å². The minimum atomic E-state index is -0.296. The Bertz CT molecular complexity index is 640. The zero-order valence-corrected chi connectivity index (χ0v) is 12.8. The van der Waals surface area contributed by atoms with Gasteiger partial charge in [-0.15, -0.1) is 0 Å². The van der Waals surface area contributed by atoms with Gasteiger partial charge in [-0.05, 0) is 41.8 Å². The Labute approximate surface area is 126 Å². The number of methoxy groups -OCH3 is 2. The number of ether oxygens (including phenoxy) is 2. The zero-order chi connectivity index (χ0) is 14.9. The lowest BCUT2D eigenvalue weighted by atomic mass is 9.75. The number of benzene rings is 2. The van der Waals surface area contributed by atoms with E-state index in [1.54, 1.807) is 14.2 Å². The van der Waals surface area contributed by atoms with Gasteiger partial charge in [0.25, 0.3) is 0 Å². The molecule has 3 nitrogen and oxygen atoms in total. The molecule has 0 radical (unpaired) electrons. The highest BCUT2D eigenvalue weighted by Crippen LogP contribution is 2.43. The molecule has 3 heteroatoms. The van der Waals surface area contributed by atoms with Crippen LogP contribution in [0.25, 0.3) is 10.8 Å². The fourth-order valence-electron chi connectivity index (χ4n) is 3.52. The van der Waals surface area contributed by atoms with Gasteiger partial charge in [-0.3, -0.25) is 0 Å². The van der Waals surface area contributed by atoms with Crippen molar-refractivity contribution < 1.29 is 9.47 Å². The van der Waals surface area contributed by atoms with E-state index in [1.165, 1.54) is 24.6 Å². The van der Waals surface area contributed by atoms with E-state index in [0.29, 0.717) is 0 Å². The van der Waals surface area contributed by atoms with Crippen LogP contribution in [0.2, 0.25) is 0 Å². The Morgan fingerprint density at radius 3 is 2.33 bits per heavy atom. The summed E-state index contributed by atoms with van der Waals surface area (Å²) < 4.78 is 11.0. The van der Waals surface area contributed by atoms with Gasteiger partial charge in [-0.2, -0.15) is 0 Å². The van der Waals surface area contributed by atoms with E-state index in [4.69, 9.17) is 15.2 Å². The molecule has 0 aliphatic heterocycles. The molecule has 0 unspecified atom stereocenters. The Morgan fingerprint density at radius 1 is 0.952 bits per heavy atom. The smallest absolute Gasteiger partial charge is 0.124 e. The molecule has 0 heterocycles. The molecule has 21 heavy (non-hydrogen) atoms. The number of hydrogen-bond donors (Lipinski definition) is 1. The van der Waals surface area contributed by atoms with Crippen molar-refractivity contribution in [1.82, 2.24) is 0 Å². The molecule has 2 N–H and O–H groups in total. The van der Waals surface area contributed by atoms with Gasteiger partial charge < -0.3 is 15.2 Å². The monoisotopic (exact) mass is 285 g/mol. The maximum atomic E-state index is 6.79. The van der Waals surface area contributed by atoms with E-state index >= 15 is 0 Å². The molecular formula is C18H23NO2. The van der Waals surface area contributed by atoms with Crippen LogP contribution < -0.4 is 15.2 Å². The molecule has 1 aliphatic rings. The molecule has 1 fully saturated rings. The molecule has 2 aromatic carbocycles. The predicted octanol–water partition coefficient (Wildman–Crippen LogP) is 3.98. The summed E-state index contributed by atoms with van der Waals surface area (Å²) in [6.07, 6.45) is 5.66. The van der Waals surface area contributed by atoms with Gasteiger partial charge in [0.2, 0.25) is 0 Å². The third-order valence-corrected chi connectivity index (χ3v) is 4.65. The number of rotatable bonds is 3. The summed E-state index contributed by atoms with van der Waals surface area (Å²) in [5.41, 5.74) is 7.64. The SMILES string of the molecule is COc1ccc2ccc(OC)c(C3(N)CCCCC3)c2c1. The molecule has 0 aromatic heterocycles. The lowest BCUT2D eigenvalue weighted by molar-refractivity contribution is 0.291. The van der Waals surface area contributed by atoms with Gasteiger partial charge in [-0.25, -0.2) is 0 Å². The second-order valence-electron chi connectivity index (χ2n) is 5.95. The van der Waals surface area contributed by atoms with Gasteiger partial charge in [0.05, 0.1) is 14.2 Å². The van der Waals surface area contributed by atoms with Crippen LogP contribution >= 0.6 is 0 Å². The fraction of sp³-hybridized carbons (Fsp3) is 0.444. The standard InChI is InChI=1S/C18H23NO2/c1-20-14-8-6-13-7-9-16(21-2)17(15(13)12-14)18(19)10-4-3-5-11-18/h6-9,12H,3-5,10-11,19H2,1-2H3. The van der Waals surface area contributed by atoms with Gasteiger partial charge in [0.15, 0.2) is 0 Å². The van der Waals surface area contributed by atoms with Crippen molar-refractivity contribution in [2.45, 2.75) is 37.6 Å². The van der Waals surface area contributed by atoms with Crippen LogP contribution in [0.1, 0.15) is 37.7 Å². The molecule has 0 atom stereocenters. The lowest BCUT2D eigenvalue weighted by Gasteiger charge is -2.36. The molecule has 3 rings (SSSR count). The van der Waals surface area contributed by atoms with Gasteiger partial charge in [0.1, 0.15) is 11.5 Å². The van der Waals surface area contributed by atoms with Crippen LogP contribution in [-0.4, -0.2) is 14.2 Å². The van der Waals surface area contributed by atoms with Gasteiger partial charge >= 0.3 is 0 Å². The Balaban J connectivity index is 2.25. The summed E-state index contributed by atoms with van der Waals surface area (Å²) >= 11 is 0. The van der Waals surface area contributed by atoms with E-state index in [0.717, 1.165) is 35.3 Å². The summed E-state index contributed by atoms with van der Waals surface area (Å²) in [5, 5.41) is 2.33. The quantitative estimate of drug-likeness (QED) is 0.928. The lowest BCUT2D eigenvalue weighted by Crippen LogP contribution is -2.39. The number of nitrogens with two attached hydrogens (primary N) is 1. The van der Waals surface area contributed by atoms with E-state index in [1.807, 2.05) is 12.1 Å². The first kappa shape index (κ1) is 14.2. The van der Waals surface area contributed by atoms with Crippen molar-refractivity contribution in [3.05, 3.63) is 35.9 Å². The number of fused-ring (bicyclic) bond motifs is 1. The van der Waals surface area contributed by atoms with Gasteiger partial charge in [0, 0.05) is 11.1 Å². The van der Waals surface area contributed by atoms with Crippen molar-refractivity contribution >= 4 is 10.8 Å². The Hall–Kier alpha value is -1.74. The summed E-state index contributed by atoms with van der Waals surface area (Å²) in [6.45, 7) is 0. The molecule has 2 aromatic rings. The highest BCUT2D eigenvalue weighted by molar-refractivity contribution is 5.90. The van der Waals surface area contributed by atoms with Crippen LogP contribution in [0, 0.1) is 0 Å². The molecule has 0 amide bonds. The first-order valence-electron chi connectivity index (χ1n) is 7.62. The van der Waals surface area contributed by atoms with Crippen LogP contribution in [0.4, 0.5) is 0 Å². The summed E-state index contributed by atoms with van der Waals surface area (Å²) in [4.78, 5) is 0. The molecule has 0 bridgehead atoms. The summed E-state index contributed by atoms with van der Waals surface area (Å²) in [6, 6.07) is 10.3. The average Bonchev–Trinajstić information content (AvgIpc) is 2.53. The Kier molecular flexibility index (Phi) is 3.77. The maximum Gasteiger partial charge on any atom is 0.124 e. The van der Waals surface area contributed by atoms with E-state index < -0.39 is 0 Å². The van der Waals surface area contributed by atoms with Crippen molar-refractivity contribution in [2.75, 3.05) is 14.2 Å². The third-order valence-electron chi connectivity index (χ3n) is 4.65. The van der Waals surface area contributed by atoms with Crippen molar-refractivity contribution in [3.8, 4) is 11.5 Å². The first-order chi connectivity index (χ1) is 10.2. The number of hydrogen-bond acceptors (Lipinski definition) is 3. The van der Waals surface area contributed by atoms with Crippen molar-refractivity contribution in [3.63, 3.8) is 0 Å². The van der Waals surface area contributed by atoms with E-state index in [-0.39, 0.29) is 5.54 Å². The zero-order valence-electron chi connectivity index (χ0n) is 12.8. The highest BCUT2D eigenvalue weighted by Gasteiger charge is 2.33. The highest BCUT2D eigenvalue weighted by atomic mass is 16.5. The predicted molar refractivity (Wildman–Crippen MR) is 86.0 cm³/mol. The van der Waals surface area contributed by atoms with E-state index in [9.17, 15) is 0 Å². The molecule has 0 spiro atoms. The average molecular weight is 285 g/mol. The second kappa shape index (κ2) is 5.57.